The Balaban J connectivity index is 1.76. The molecule has 1 aliphatic heterocycles. The molecule has 1 aromatic rings. The third-order valence-corrected chi connectivity index (χ3v) is 4.78. The Morgan fingerprint density at radius 2 is 1.65 bits per heavy atom. The lowest BCUT2D eigenvalue weighted by Crippen LogP contribution is -2.51. The van der Waals surface area contributed by atoms with Crippen molar-refractivity contribution in [2.45, 2.75) is 19.9 Å². The lowest BCUT2D eigenvalue weighted by Gasteiger charge is -2.35. The summed E-state index contributed by atoms with van der Waals surface area (Å²) < 4.78 is 0. The van der Waals surface area contributed by atoms with Crippen molar-refractivity contribution in [3.8, 4) is 0 Å². The highest BCUT2D eigenvalue weighted by Crippen LogP contribution is 2.09. The van der Waals surface area contributed by atoms with Gasteiger partial charge in [0.2, 0.25) is 11.8 Å². The number of carbonyl (C=O) groups excluding carboxylic acids is 2. The van der Waals surface area contributed by atoms with Gasteiger partial charge in [-0.3, -0.25) is 14.5 Å². The van der Waals surface area contributed by atoms with Gasteiger partial charge in [-0.25, -0.2) is 0 Å². The molecule has 0 N–H and O–H groups in total. The van der Waals surface area contributed by atoms with Gasteiger partial charge in [0.1, 0.15) is 0 Å². The van der Waals surface area contributed by atoms with Crippen LogP contribution in [0.25, 0.3) is 0 Å². The predicted molar refractivity (Wildman–Crippen MR) is 104 cm³/mol. The molecule has 0 radical (unpaired) electrons. The zero-order valence-electron chi connectivity index (χ0n) is 16.4. The monoisotopic (exact) mass is 360 g/mol. The predicted octanol–water partition coefficient (Wildman–Crippen LogP) is 1.13. The molecule has 1 heterocycles. The van der Waals surface area contributed by atoms with Gasteiger partial charge < -0.3 is 14.7 Å². The molecule has 0 aliphatic carbocycles. The maximum absolute atomic E-state index is 12.6. The fraction of sp³-hybridized carbons (Fsp3) is 0.600. The van der Waals surface area contributed by atoms with Gasteiger partial charge in [0.15, 0.2) is 0 Å². The van der Waals surface area contributed by atoms with Gasteiger partial charge >= 0.3 is 0 Å². The van der Waals surface area contributed by atoms with Crippen molar-refractivity contribution in [2.75, 3.05) is 59.9 Å². The van der Waals surface area contributed by atoms with E-state index >= 15 is 0 Å². The van der Waals surface area contributed by atoms with Crippen molar-refractivity contribution in [1.82, 2.24) is 19.6 Å². The molecule has 6 nitrogen and oxygen atoms in total. The number of amides is 2. The summed E-state index contributed by atoms with van der Waals surface area (Å²) in [6.07, 6.45) is 0.880. The van der Waals surface area contributed by atoms with Gasteiger partial charge in [-0.1, -0.05) is 30.3 Å². The largest absolute Gasteiger partial charge is 0.339 e. The average molecular weight is 361 g/mol. The highest BCUT2D eigenvalue weighted by Gasteiger charge is 2.23. The quantitative estimate of drug-likeness (QED) is 0.697. The first-order valence-corrected chi connectivity index (χ1v) is 9.40. The summed E-state index contributed by atoms with van der Waals surface area (Å²) in [6.45, 7) is 7.42. The lowest BCUT2D eigenvalue weighted by molar-refractivity contribution is -0.140. The summed E-state index contributed by atoms with van der Waals surface area (Å²) in [5, 5.41) is 0. The van der Waals surface area contributed by atoms with Crippen LogP contribution in [-0.2, 0) is 16.1 Å². The van der Waals surface area contributed by atoms with Gasteiger partial charge in [-0.15, -0.1) is 0 Å². The summed E-state index contributed by atoms with van der Waals surface area (Å²) in [5.74, 6) is 0.0317. The second-order valence-corrected chi connectivity index (χ2v) is 7.24. The highest BCUT2D eigenvalue weighted by atomic mass is 16.2. The minimum Gasteiger partial charge on any atom is -0.339 e. The molecule has 0 bridgehead atoms. The van der Waals surface area contributed by atoms with E-state index in [1.807, 2.05) is 25.1 Å². The molecule has 1 saturated heterocycles. The molecular weight excluding hydrogens is 328 g/mol. The fourth-order valence-electron chi connectivity index (χ4n) is 3.19. The number of carbonyl (C=O) groups is 2. The first-order valence-electron chi connectivity index (χ1n) is 9.40. The van der Waals surface area contributed by atoms with E-state index < -0.39 is 0 Å². The molecule has 0 atom stereocenters. The number of benzene rings is 1. The van der Waals surface area contributed by atoms with E-state index in [1.165, 1.54) is 5.56 Å². The maximum Gasteiger partial charge on any atom is 0.242 e. The van der Waals surface area contributed by atoms with Crippen molar-refractivity contribution in [1.29, 1.82) is 0 Å². The zero-order chi connectivity index (χ0) is 18.9. The van der Waals surface area contributed by atoms with E-state index in [2.05, 4.69) is 34.1 Å². The molecule has 6 heteroatoms. The van der Waals surface area contributed by atoms with Crippen LogP contribution in [0.5, 0.6) is 0 Å². The number of piperazine rings is 1. The maximum atomic E-state index is 12.6. The van der Waals surface area contributed by atoms with E-state index in [0.29, 0.717) is 6.54 Å². The van der Waals surface area contributed by atoms with E-state index in [-0.39, 0.29) is 18.4 Å². The summed E-state index contributed by atoms with van der Waals surface area (Å²) in [7, 11) is 4.02. The zero-order valence-corrected chi connectivity index (χ0v) is 16.4. The van der Waals surface area contributed by atoms with E-state index in [9.17, 15) is 9.59 Å². The second-order valence-electron chi connectivity index (χ2n) is 7.24. The molecule has 0 spiro atoms. The van der Waals surface area contributed by atoms with Gasteiger partial charge in [0, 0.05) is 46.2 Å². The van der Waals surface area contributed by atoms with Crippen LogP contribution < -0.4 is 0 Å². The SMILES string of the molecule is CC(=O)N(CCCN(C)C)CC(=O)N1CCN(Cc2ccccc2)CC1. The van der Waals surface area contributed by atoms with Crippen molar-refractivity contribution in [2.24, 2.45) is 0 Å². The third-order valence-electron chi connectivity index (χ3n) is 4.78. The fourth-order valence-corrected chi connectivity index (χ4v) is 3.19. The molecule has 2 amide bonds. The van der Waals surface area contributed by atoms with Crippen LogP contribution in [0.15, 0.2) is 30.3 Å². The smallest absolute Gasteiger partial charge is 0.242 e. The average Bonchev–Trinajstić information content (AvgIpc) is 2.62. The van der Waals surface area contributed by atoms with Gasteiger partial charge in [0.25, 0.3) is 0 Å². The molecule has 0 saturated carbocycles. The first-order chi connectivity index (χ1) is 12.5. The van der Waals surface area contributed by atoms with Gasteiger partial charge in [-0.2, -0.15) is 0 Å². The van der Waals surface area contributed by atoms with Crippen molar-refractivity contribution in [3.63, 3.8) is 0 Å². The molecule has 0 aromatic heterocycles. The Bertz CT molecular complexity index is 568. The molecule has 144 valence electrons. The highest BCUT2D eigenvalue weighted by molar-refractivity contribution is 5.83. The van der Waals surface area contributed by atoms with Crippen LogP contribution in [0.4, 0.5) is 0 Å². The topological polar surface area (TPSA) is 47.1 Å². The minimum atomic E-state index is -0.0279. The lowest BCUT2D eigenvalue weighted by atomic mass is 10.2. The van der Waals surface area contributed by atoms with Crippen molar-refractivity contribution < 1.29 is 9.59 Å². The number of nitrogens with zero attached hydrogens (tertiary/aromatic N) is 4. The van der Waals surface area contributed by atoms with E-state index in [1.54, 1.807) is 11.8 Å². The molecule has 1 aromatic carbocycles. The van der Waals surface area contributed by atoms with Crippen LogP contribution in [0.2, 0.25) is 0 Å². The standard InChI is InChI=1S/C20H32N4O2/c1-18(25)24(11-7-10-21(2)3)17-20(26)23-14-12-22(13-15-23)16-19-8-5-4-6-9-19/h4-6,8-9H,7,10-17H2,1-3H3. The number of rotatable bonds is 8. The van der Waals surface area contributed by atoms with Crippen LogP contribution in [0.3, 0.4) is 0 Å². The molecule has 26 heavy (non-hydrogen) atoms. The number of hydrogen-bond donors (Lipinski definition) is 0. The normalized spacial score (nSPS) is 15.3. The first kappa shape index (κ1) is 20.4. The van der Waals surface area contributed by atoms with Crippen molar-refractivity contribution >= 4 is 11.8 Å². The van der Waals surface area contributed by atoms with Crippen molar-refractivity contribution in [3.05, 3.63) is 35.9 Å². The Hall–Kier alpha value is -1.92. The molecule has 1 aliphatic rings. The van der Waals surface area contributed by atoms with E-state index in [0.717, 1.165) is 45.7 Å². The van der Waals surface area contributed by atoms with Crippen LogP contribution in [-0.4, -0.2) is 91.3 Å². The Kier molecular flexibility index (Phi) is 8.06. The van der Waals surface area contributed by atoms with Gasteiger partial charge in [0.05, 0.1) is 6.54 Å². The summed E-state index contributed by atoms with van der Waals surface area (Å²) in [5.41, 5.74) is 1.30. The van der Waals surface area contributed by atoms with Gasteiger partial charge in [-0.05, 0) is 32.6 Å². The van der Waals surface area contributed by atoms with Crippen LogP contribution in [0.1, 0.15) is 18.9 Å². The number of hydrogen-bond acceptors (Lipinski definition) is 4. The van der Waals surface area contributed by atoms with Crippen LogP contribution in [0, 0.1) is 0 Å². The molecule has 0 unspecified atom stereocenters. The molecular formula is C20H32N4O2. The summed E-state index contributed by atoms with van der Waals surface area (Å²) in [4.78, 5) is 32.4. The van der Waals surface area contributed by atoms with E-state index in [4.69, 9.17) is 0 Å². The molecule has 2 rings (SSSR count). The Morgan fingerprint density at radius 1 is 1.00 bits per heavy atom. The third kappa shape index (κ3) is 6.77. The summed E-state index contributed by atoms with van der Waals surface area (Å²) >= 11 is 0. The second kappa shape index (κ2) is 10.3. The Morgan fingerprint density at radius 3 is 2.23 bits per heavy atom. The summed E-state index contributed by atoms with van der Waals surface area (Å²) in [6, 6.07) is 10.4. The molecule has 1 fully saturated rings. The minimum absolute atomic E-state index is 0.0279. The van der Waals surface area contributed by atoms with Crippen LogP contribution >= 0.6 is 0 Å². The Labute approximate surface area is 157 Å².